The van der Waals surface area contributed by atoms with Crippen molar-refractivity contribution in [1.29, 1.82) is 0 Å². The van der Waals surface area contributed by atoms with Crippen molar-refractivity contribution in [3.8, 4) is 0 Å². The fraction of sp³-hybridized carbons (Fsp3) is 0.684. The van der Waals surface area contributed by atoms with Gasteiger partial charge >= 0.3 is 0 Å². The third-order valence-corrected chi connectivity index (χ3v) is 4.71. The van der Waals surface area contributed by atoms with Gasteiger partial charge in [0.15, 0.2) is 0 Å². The Balaban J connectivity index is 2.08. The van der Waals surface area contributed by atoms with Crippen molar-refractivity contribution in [2.45, 2.75) is 71.5 Å². The van der Waals surface area contributed by atoms with Gasteiger partial charge in [-0.2, -0.15) is 0 Å². The van der Waals surface area contributed by atoms with E-state index in [1.807, 2.05) is 0 Å². The van der Waals surface area contributed by atoms with Gasteiger partial charge < -0.3 is 10.2 Å². The summed E-state index contributed by atoms with van der Waals surface area (Å²) in [6.07, 6.45) is 5.41. The lowest BCUT2D eigenvalue weighted by Gasteiger charge is -2.36. The van der Waals surface area contributed by atoms with E-state index in [1.54, 1.807) is 0 Å². The lowest BCUT2D eigenvalue weighted by Crippen LogP contribution is -2.37. The van der Waals surface area contributed by atoms with E-state index < -0.39 is 0 Å². The molecular formula is C19H32N2. The monoisotopic (exact) mass is 288 g/mol. The number of rotatable bonds is 4. The molecule has 1 aliphatic rings. The van der Waals surface area contributed by atoms with E-state index in [0.717, 1.165) is 12.5 Å². The van der Waals surface area contributed by atoms with Gasteiger partial charge in [0.2, 0.25) is 0 Å². The molecule has 21 heavy (non-hydrogen) atoms. The zero-order valence-electron chi connectivity index (χ0n) is 14.4. The summed E-state index contributed by atoms with van der Waals surface area (Å²) in [5.74, 6) is 0.910. The van der Waals surface area contributed by atoms with Crippen LogP contribution < -0.4 is 10.2 Å². The third-order valence-electron chi connectivity index (χ3n) is 4.71. The van der Waals surface area contributed by atoms with Crippen LogP contribution in [0.25, 0.3) is 0 Å². The van der Waals surface area contributed by atoms with Crippen molar-refractivity contribution in [1.82, 2.24) is 5.32 Å². The SMILES string of the molecule is CC1CCC(N(C)c2ccccc2CNC(C)(C)C)CC1. The lowest BCUT2D eigenvalue weighted by atomic mass is 9.86. The number of hydrogen-bond donors (Lipinski definition) is 1. The third kappa shape index (κ3) is 4.74. The van der Waals surface area contributed by atoms with Gasteiger partial charge in [0.05, 0.1) is 0 Å². The highest BCUT2D eigenvalue weighted by Crippen LogP contribution is 2.31. The van der Waals surface area contributed by atoms with E-state index in [0.29, 0.717) is 6.04 Å². The van der Waals surface area contributed by atoms with Crippen LogP contribution in [0.5, 0.6) is 0 Å². The van der Waals surface area contributed by atoms with Gasteiger partial charge in [-0.25, -0.2) is 0 Å². The highest BCUT2D eigenvalue weighted by atomic mass is 15.1. The van der Waals surface area contributed by atoms with Crippen molar-refractivity contribution in [3.05, 3.63) is 29.8 Å². The standard InChI is InChI=1S/C19H32N2/c1-15-10-12-17(13-11-15)21(5)18-9-7-6-8-16(18)14-20-19(2,3)4/h6-9,15,17,20H,10-14H2,1-5H3. The molecule has 1 fully saturated rings. The lowest BCUT2D eigenvalue weighted by molar-refractivity contribution is 0.340. The minimum absolute atomic E-state index is 0.159. The van der Waals surface area contributed by atoms with Crippen LogP contribution in [0, 0.1) is 5.92 Å². The quantitative estimate of drug-likeness (QED) is 0.871. The molecule has 1 aliphatic carbocycles. The van der Waals surface area contributed by atoms with E-state index in [2.05, 4.69) is 69.2 Å². The second kappa shape index (κ2) is 6.83. The molecule has 1 saturated carbocycles. The summed E-state index contributed by atoms with van der Waals surface area (Å²) in [7, 11) is 2.27. The average Bonchev–Trinajstić information content (AvgIpc) is 2.45. The van der Waals surface area contributed by atoms with Gasteiger partial charge in [0.1, 0.15) is 0 Å². The topological polar surface area (TPSA) is 15.3 Å². The van der Waals surface area contributed by atoms with Gasteiger partial charge in [-0.15, -0.1) is 0 Å². The number of benzene rings is 1. The predicted molar refractivity (Wildman–Crippen MR) is 92.9 cm³/mol. The van der Waals surface area contributed by atoms with E-state index in [-0.39, 0.29) is 5.54 Å². The molecule has 0 atom stereocenters. The summed E-state index contributed by atoms with van der Waals surface area (Å²) in [5, 5.41) is 3.62. The zero-order valence-corrected chi connectivity index (χ0v) is 14.4. The molecule has 0 aromatic heterocycles. The van der Waals surface area contributed by atoms with Crippen molar-refractivity contribution in [2.75, 3.05) is 11.9 Å². The molecule has 2 nitrogen and oxygen atoms in total. The number of hydrogen-bond acceptors (Lipinski definition) is 2. The van der Waals surface area contributed by atoms with Crippen LogP contribution in [-0.4, -0.2) is 18.6 Å². The zero-order chi connectivity index (χ0) is 15.5. The summed E-state index contributed by atoms with van der Waals surface area (Å²) < 4.78 is 0. The maximum absolute atomic E-state index is 3.62. The molecule has 0 amide bonds. The first-order valence-corrected chi connectivity index (χ1v) is 8.42. The Morgan fingerprint density at radius 2 is 1.71 bits per heavy atom. The van der Waals surface area contributed by atoms with Gasteiger partial charge in [0.25, 0.3) is 0 Å². The van der Waals surface area contributed by atoms with Crippen LogP contribution in [-0.2, 0) is 6.54 Å². The number of nitrogens with zero attached hydrogens (tertiary/aromatic N) is 1. The summed E-state index contributed by atoms with van der Waals surface area (Å²) in [4.78, 5) is 2.52. The van der Waals surface area contributed by atoms with Gasteiger partial charge in [0, 0.05) is 30.9 Å². The highest BCUT2D eigenvalue weighted by Gasteiger charge is 2.23. The van der Waals surface area contributed by atoms with E-state index in [1.165, 1.54) is 36.9 Å². The van der Waals surface area contributed by atoms with Gasteiger partial charge in [-0.3, -0.25) is 0 Å². The molecule has 1 aromatic carbocycles. The molecule has 0 radical (unpaired) electrons. The van der Waals surface area contributed by atoms with Crippen LogP contribution in [0.3, 0.4) is 0 Å². The Bertz CT molecular complexity index is 439. The molecule has 1 aromatic rings. The Morgan fingerprint density at radius 3 is 2.33 bits per heavy atom. The summed E-state index contributed by atoms with van der Waals surface area (Å²) in [6, 6.07) is 9.56. The fourth-order valence-electron chi connectivity index (χ4n) is 3.19. The second-order valence-electron chi connectivity index (χ2n) is 7.76. The van der Waals surface area contributed by atoms with Crippen molar-refractivity contribution in [3.63, 3.8) is 0 Å². The molecular weight excluding hydrogens is 256 g/mol. The molecule has 0 spiro atoms. The normalized spacial score (nSPS) is 23.1. The van der Waals surface area contributed by atoms with Crippen LogP contribution in [0.15, 0.2) is 24.3 Å². The molecule has 2 rings (SSSR count). The van der Waals surface area contributed by atoms with Crippen LogP contribution in [0.2, 0.25) is 0 Å². The predicted octanol–water partition coefficient (Wildman–Crippen LogP) is 4.59. The molecule has 0 saturated heterocycles. The largest absolute Gasteiger partial charge is 0.371 e. The minimum Gasteiger partial charge on any atom is -0.371 e. The molecule has 1 N–H and O–H groups in total. The van der Waals surface area contributed by atoms with Crippen molar-refractivity contribution >= 4 is 5.69 Å². The Kier molecular flexibility index (Phi) is 5.32. The van der Waals surface area contributed by atoms with Crippen LogP contribution >= 0.6 is 0 Å². The Labute approximate surface area is 130 Å². The molecule has 2 heteroatoms. The van der Waals surface area contributed by atoms with Crippen LogP contribution in [0.1, 0.15) is 58.9 Å². The van der Waals surface area contributed by atoms with Gasteiger partial charge in [-0.05, 0) is 64.0 Å². The van der Waals surface area contributed by atoms with Crippen molar-refractivity contribution < 1.29 is 0 Å². The Hall–Kier alpha value is -1.02. The first-order chi connectivity index (χ1) is 9.87. The maximum Gasteiger partial charge on any atom is 0.0411 e. The smallest absolute Gasteiger partial charge is 0.0411 e. The van der Waals surface area contributed by atoms with E-state index in [9.17, 15) is 0 Å². The van der Waals surface area contributed by atoms with Gasteiger partial charge in [-0.1, -0.05) is 25.1 Å². The molecule has 0 aliphatic heterocycles. The number of nitrogens with one attached hydrogen (secondary N) is 1. The Morgan fingerprint density at radius 1 is 1.10 bits per heavy atom. The summed E-state index contributed by atoms with van der Waals surface area (Å²) in [6.45, 7) is 10.00. The molecule has 118 valence electrons. The first kappa shape index (κ1) is 16.4. The second-order valence-corrected chi connectivity index (χ2v) is 7.76. The molecule has 0 unspecified atom stereocenters. The average molecular weight is 288 g/mol. The molecule has 0 bridgehead atoms. The fourth-order valence-corrected chi connectivity index (χ4v) is 3.19. The maximum atomic E-state index is 3.62. The van der Waals surface area contributed by atoms with E-state index in [4.69, 9.17) is 0 Å². The summed E-state index contributed by atoms with van der Waals surface area (Å²) in [5.41, 5.74) is 2.97. The van der Waals surface area contributed by atoms with Crippen molar-refractivity contribution in [2.24, 2.45) is 5.92 Å². The van der Waals surface area contributed by atoms with Crippen LogP contribution in [0.4, 0.5) is 5.69 Å². The van der Waals surface area contributed by atoms with E-state index >= 15 is 0 Å². The molecule has 0 heterocycles. The first-order valence-electron chi connectivity index (χ1n) is 8.42. The number of para-hydroxylation sites is 1. The number of anilines is 1. The summed E-state index contributed by atoms with van der Waals surface area (Å²) >= 11 is 0. The highest BCUT2D eigenvalue weighted by molar-refractivity contribution is 5.54. The minimum atomic E-state index is 0.159.